The Labute approximate surface area is 236 Å². The summed E-state index contributed by atoms with van der Waals surface area (Å²) in [6, 6.07) is 35.2. The summed E-state index contributed by atoms with van der Waals surface area (Å²) in [6.07, 6.45) is 0. The maximum atomic E-state index is 12.7. The van der Waals surface area contributed by atoms with Gasteiger partial charge in [-0.15, -0.1) is 0 Å². The normalized spacial score (nSPS) is 11.9. The number of fused-ring (bicyclic) bond motifs is 4. The van der Waals surface area contributed by atoms with Crippen molar-refractivity contribution in [2.24, 2.45) is 0 Å². The first-order valence-electron chi connectivity index (χ1n) is 13.6. The summed E-state index contributed by atoms with van der Waals surface area (Å²) >= 11 is 0. The lowest BCUT2D eigenvalue weighted by Gasteiger charge is -2.23. The summed E-state index contributed by atoms with van der Waals surface area (Å²) in [5, 5.41) is 4.30. The molecule has 0 saturated heterocycles. The van der Waals surface area contributed by atoms with Crippen LogP contribution in [-0.4, -0.2) is 19.9 Å². The van der Waals surface area contributed by atoms with Gasteiger partial charge in [-0.05, 0) is 45.0 Å². The molecule has 0 fully saturated rings. The Kier molecular flexibility index (Phi) is 5.71. The van der Waals surface area contributed by atoms with E-state index in [1.165, 1.54) is 0 Å². The van der Waals surface area contributed by atoms with Crippen LogP contribution < -0.4 is 10.7 Å². The van der Waals surface area contributed by atoms with Crippen molar-refractivity contribution in [3.63, 3.8) is 0 Å². The molecule has 0 amide bonds. The minimum Gasteiger partial charge on any atom is -0.456 e. The molecule has 0 unspecified atom stereocenters. The first-order valence-corrected chi connectivity index (χ1v) is 13.6. The average Bonchev–Trinajstić information content (AvgIpc) is 3.35. The number of nitrogens with one attached hydrogen (secondary N) is 1. The van der Waals surface area contributed by atoms with E-state index in [2.05, 4.69) is 48.7 Å². The van der Waals surface area contributed by atoms with E-state index < -0.39 is 0 Å². The van der Waals surface area contributed by atoms with E-state index in [-0.39, 0.29) is 11.0 Å². The molecule has 7 rings (SSSR count). The lowest BCUT2D eigenvalue weighted by Crippen LogP contribution is -2.27. The van der Waals surface area contributed by atoms with Crippen molar-refractivity contribution in [3.05, 3.63) is 119 Å². The van der Waals surface area contributed by atoms with E-state index >= 15 is 0 Å². The van der Waals surface area contributed by atoms with Gasteiger partial charge in [-0.3, -0.25) is 9.20 Å². The van der Waals surface area contributed by atoms with Crippen molar-refractivity contribution in [1.29, 1.82) is 0 Å². The summed E-state index contributed by atoms with van der Waals surface area (Å²) in [4.78, 5) is 23.0. The van der Waals surface area contributed by atoms with Crippen LogP contribution in [0.15, 0.2) is 118 Å². The van der Waals surface area contributed by atoms with Crippen molar-refractivity contribution < 1.29 is 4.42 Å². The molecule has 0 aliphatic heterocycles. The second-order valence-electron chi connectivity index (χ2n) is 11.2. The zero-order valence-corrected chi connectivity index (χ0v) is 23.1. The number of rotatable bonds is 4. The summed E-state index contributed by atoms with van der Waals surface area (Å²) in [5.41, 5.74) is 7.32. The lowest BCUT2D eigenvalue weighted by molar-refractivity contribution is 0.619. The highest BCUT2D eigenvalue weighted by molar-refractivity contribution is 5.92. The van der Waals surface area contributed by atoms with Gasteiger partial charge >= 0.3 is 0 Å². The molecular weight excluding hydrogens is 508 g/mol. The van der Waals surface area contributed by atoms with Gasteiger partial charge in [-0.2, -0.15) is 0 Å². The Morgan fingerprint density at radius 3 is 2.15 bits per heavy atom. The molecule has 0 aliphatic rings. The van der Waals surface area contributed by atoms with Crippen LogP contribution in [-0.2, 0) is 0 Å². The van der Waals surface area contributed by atoms with Crippen LogP contribution in [0.1, 0.15) is 20.8 Å². The number of anilines is 1. The van der Waals surface area contributed by atoms with E-state index in [4.69, 9.17) is 14.4 Å². The molecule has 4 aromatic carbocycles. The molecule has 0 bridgehead atoms. The predicted molar refractivity (Wildman–Crippen MR) is 166 cm³/mol. The van der Waals surface area contributed by atoms with Gasteiger partial charge in [0.15, 0.2) is 11.1 Å². The fourth-order valence-corrected chi connectivity index (χ4v) is 5.23. The molecule has 0 spiro atoms. The van der Waals surface area contributed by atoms with Crippen molar-refractivity contribution in [2.45, 2.75) is 26.3 Å². The topological polar surface area (TPSA) is 72.4 Å². The number of nitrogens with zero attached hydrogens (tertiary/aromatic N) is 3. The Morgan fingerprint density at radius 1 is 0.707 bits per heavy atom. The van der Waals surface area contributed by atoms with E-state index in [9.17, 15) is 4.79 Å². The van der Waals surface area contributed by atoms with Crippen molar-refractivity contribution >= 4 is 33.5 Å². The quantitative estimate of drug-likeness (QED) is 0.245. The van der Waals surface area contributed by atoms with Gasteiger partial charge in [0, 0.05) is 28.3 Å². The molecule has 3 heterocycles. The van der Waals surface area contributed by atoms with Crippen LogP contribution in [0.3, 0.4) is 0 Å². The van der Waals surface area contributed by atoms with Gasteiger partial charge in [0.05, 0.1) is 16.4 Å². The van der Waals surface area contributed by atoms with Crippen molar-refractivity contribution in [2.75, 3.05) is 5.32 Å². The molecular formula is C35H28N4O2. The van der Waals surface area contributed by atoms with Crippen LogP contribution >= 0.6 is 0 Å². The summed E-state index contributed by atoms with van der Waals surface area (Å²) in [7, 11) is 0. The van der Waals surface area contributed by atoms with Gasteiger partial charge in [0.25, 0.3) is 0 Å². The number of benzene rings is 4. The minimum absolute atomic E-state index is 0.0615. The molecule has 0 saturated carbocycles. The number of hydrogen-bond acceptors (Lipinski definition) is 5. The summed E-state index contributed by atoms with van der Waals surface area (Å²) < 4.78 is 8.26. The molecule has 1 N–H and O–H groups in total. The fraction of sp³-hybridized carbons (Fsp3) is 0.114. The van der Waals surface area contributed by atoms with Crippen LogP contribution in [0.2, 0.25) is 0 Å². The van der Waals surface area contributed by atoms with Crippen LogP contribution in [0.5, 0.6) is 0 Å². The van der Waals surface area contributed by atoms with Crippen LogP contribution in [0, 0.1) is 0 Å². The Bertz CT molecular complexity index is 2120. The second-order valence-corrected chi connectivity index (χ2v) is 11.2. The second kappa shape index (κ2) is 9.45. The SMILES string of the molecule is CC(C)(C)Nc1c(-c2ccccc2)nc2c(-c3ccc(-c4cc(=O)c5ccccc5o4)cc3)nc3ccccc3n12. The molecule has 3 aromatic heterocycles. The zero-order chi connectivity index (χ0) is 28.1. The minimum atomic E-state index is -0.199. The molecule has 6 heteroatoms. The van der Waals surface area contributed by atoms with E-state index in [0.29, 0.717) is 16.7 Å². The van der Waals surface area contributed by atoms with Gasteiger partial charge < -0.3 is 9.73 Å². The fourth-order valence-electron chi connectivity index (χ4n) is 5.23. The standard InChI is InChI=1S/C35H28N4O2/c1-35(2,3)38-34-32(23-11-5-4-6-12-23)37-33-31(36-26-14-8-9-15-27(26)39(33)34)24-19-17-22(18-20-24)30-21-28(40)25-13-7-10-16-29(25)41-30/h4-21,38H,1-3H3. The highest BCUT2D eigenvalue weighted by atomic mass is 16.3. The smallest absolute Gasteiger partial charge is 0.193 e. The van der Waals surface area contributed by atoms with E-state index in [1.54, 1.807) is 12.1 Å². The van der Waals surface area contributed by atoms with E-state index in [0.717, 1.165) is 50.6 Å². The Balaban J connectivity index is 1.44. The lowest BCUT2D eigenvalue weighted by atomic mass is 10.1. The number of hydrogen-bond donors (Lipinski definition) is 1. The van der Waals surface area contributed by atoms with Crippen LogP contribution in [0.4, 0.5) is 5.82 Å². The molecule has 7 aromatic rings. The maximum absolute atomic E-state index is 12.7. The molecule has 200 valence electrons. The third kappa shape index (κ3) is 4.43. The Morgan fingerprint density at radius 2 is 1.37 bits per heavy atom. The van der Waals surface area contributed by atoms with Gasteiger partial charge in [-0.1, -0.05) is 78.9 Å². The van der Waals surface area contributed by atoms with Gasteiger partial charge in [0.1, 0.15) is 28.5 Å². The molecule has 6 nitrogen and oxygen atoms in total. The van der Waals surface area contributed by atoms with Gasteiger partial charge in [0.2, 0.25) is 0 Å². The zero-order valence-electron chi connectivity index (χ0n) is 23.1. The van der Waals surface area contributed by atoms with Gasteiger partial charge in [-0.25, -0.2) is 9.97 Å². The summed E-state index contributed by atoms with van der Waals surface area (Å²) in [6.45, 7) is 6.44. The van der Waals surface area contributed by atoms with Crippen LogP contribution in [0.25, 0.3) is 61.5 Å². The summed E-state index contributed by atoms with van der Waals surface area (Å²) in [5.74, 6) is 1.45. The predicted octanol–water partition coefficient (Wildman–Crippen LogP) is 8.20. The van der Waals surface area contributed by atoms with E-state index in [1.807, 2.05) is 78.9 Å². The highest BCUT2D eigenvalue weighted by Gasteiger charge is 2.23. The average molecular weight is 537 g/mol. The largest absolute Gasteiger partial charge is 0.456 e. The first kappa shape index (κ1) is 24.8. The highest BCUT2D eigenvalue weighted by Crippen LogP contribution is 2.37. The number of para-hydroxylation sites is 3. The third-order valence-electron chi connectivity index (χ3n) is 7.06. The molecule has 41 heavy (non-hydrogen) atoms. The third-order valence-corrected chi connectivity index (χ3v) is 7.06. The van der Waals surface area contributed by atoms with Crippen molar-refractivity contribution in [3.8, 4) is 33.8 Å². The molecule has 0 radical (unpaired) electrons. The molecule has 0 aliphatic carbocycles. The monoisotopic (exact) mass is 536 g/mol. The maximum Gasteiger partial charge on any atom is 0.193 e. The number of aromatic nitrogens is 3. The van der Waals surface area contributed by atoms with Crippen molar-refractivity contribution in [1.82, 2.24) is 14.4 Å². The number of imidazole rings is 1. The first-order chi connectivity index (χ1) is 19.9. The Hall–Kier alpha value is -5.23. The molecule has 0 atom stereocenters.